The van der Waals surface area contributed by atoms with E-state index in [4.69, 9.17) is 9.97 Å². The van der Waals surface area contributed by atoms with Gasteiger partial charge in [-0.2, -0.15) is 14.6 Å². The minimum absolute atomic E-state index is 0.220. The number of anilines is 3. The van der Waals surface area contributed by atoms with Crippen molar-refractivity contribution in [3.8, 4) is 0 Å². The second-order valence-corrected chi connectivity index (χ2v) is 8.71. The van der Waals surface area contributed by atoms with Crippen molar-refractivity contribution in [1.29, 1.82) is 0 Å². The molecule has 0 atom stereocenters. The summed E-state index contributed by atoms with van der Waals surface area (Å²) in [6.45, 7) is 7.29. The average Bonchev–Trinajstić information content (AvgIpc) is 3.21. The number of aliphatic hydroxyl groups is 1. The lowest BCUT2D eigenvalue weighted by atomic mass is 10.0. The standard InChI is InChI=1S/C21H29N9O/c1-13-14(2)26-30-12-22-25-20(30)18(13)29-10-7-17-16(11-29)19(24-21(23-17)27(3)4)28-8-5-15(31)6-9-28/h12,15,31H,5-11H2,1-4H3. The Hall–Kier alpha value is -3.01. The van der Waals surface area contributed by atoms with Crippen LogP contribution in [-0.4, -0.2) is 74.7 Å². The molecule has 0 aromatic carbocycles. The van der Waals surface area contributed by atoms with Gasteiger partial charge in [-0.15, -0.1) is 10.2 Å². The van der Waals surface area contributed by atoms with Gasteiger partial charge in [-0.3, -0.25) is 0 Å². The van der Waals surface area contributed by atoms with Crippen molar-refractivity contribution in [1.82, 2.24) is 29.8 Å². The largest absolute Gasteiger partial charge is 0.393 e. The Morgan fingerprint density at radius 2 is 1.84 bits per heavy atom. The summed E-state index contributed by atoms with van der Waals surface area (Å²) >= 11 is 0. The highest BCUT2D eigenvalue weighted by atomic mass is 16.3. The summed E-state index contributed by atoms with van der Waals surface area (Å²) in [5, 5.41) is 23.0. The van der Waals surface area contributed by atoms with Crippen LogP contribution in [0, 0.1) is 13.8 Å². The molecule has 1 N–H and O–H groups in total. The number of hydrogen-bond donors (Lipinski definition) is 1. The van der Waals surface area contributed by atoms with Crippen LogP contribution in [0.4, 0.5) is 17.5 Å². The van der Waals surface area contributed by atoms with E-state index >= 15 is 0 Å². The summed E-state index contributed by atoms with van der Waals surface area (Å²) in [5.41, 5.74) is 6.22. The molecule has 10 nitrogen and oxygen atoms in total. The lowest BCUT2D eigenvalue weighted by Gasteiger charge is -2.37. The van der Waals surface area contributed by atoms with Crippen molar-refractivity contribution < 1.29 is 5.11 Å². The third-order valence-electron chi connectivity index (χ3n) is 6.40. The molecule has 1 fully saturated rings. The van der Waals surface area contributed by atoms with Crippen molar-refractivity contribution in [2.45, 2.75) is 45.8 Å². The fourth-order valence-corrected chi connectivity index (χ4v) is 4.53. The fraction of sp³-hybridized carbons (Fsp3) is 0.571. The summed E-state index contributed by atoms with van der Waals surface area (Å²) in [5.74, 6) is 1.73. The van der Waals surface area contributed by atoms with Gasteiger partial charge in [0.1, 0.15) is 12.1 Å². The molecule has 164 valence electrons. The van der Waals surface area contributed by atoms with Gasteiger partial charge in [0.25, 0.3) is 0 Å². The Kier molecular flexibility index (Phi) is 4.88. The molecule has 0 bridgehead atoms. The molecule has 0 radical (unpaired) electrons. The van der Waals surface area contributed by atoms with Crippen LogP contribution in [0.25, 0.3) is 5.65 Å². The Bertz CT molecular complexity index is 1120. The van der Waals surface area contributed by atoms with Gasteiger partial charge >= 0.3 is 0 Å². The second-order valence-electron chi connectivity index (χ2n) is 8.71. The monoisotopic (exact) mass is 423 g/mol. The van der Waals surface area contributed by atoms with Crippen LogP contribution in [0.3, 0.4) is 0 Å². The number of hydrogen-bond acceptors (Lipinski definition) is 9. The highest BCUT2D eigenvalue weighted by Crippen LogP contribution is 2.35. The van der Waals surface area contributed by atoms with Crippen molar-refractivity contribution in [3.63, 3.8) is 0 Å². The van der Waals surface area contributed by atoms with E-state index in [-0.39, 0.29) is 6.10 Å². The van der Waals surface area contributed by atoms with Gasteiger partial charge in [-0.05, 0) is 32.3 Å². The van der Waals surface area contributed by atoms with Crippen LogP contribution in [0.1, 0.15) is 35.4 Å². The normalized spacial score (nSPS) is 17.3. The zero-order valence-corrected chi connectivity index (χ0v) is 18.6. The van der Waals surface area contributed by atoms with E-state index in [2.05, 4.69) is 32.0 Å². The highest BCUT2D eigenvalue weighted by Gasteiger charge is 2.30. The molecule has 0 saturated carbocycles. The first kappa shape index (κ1) is 19.9. The predicted octanol–water partition coefficient (Wildman–Crippen LogP) is 1.12. The Morgan fingerprint density at radius 1 is 1.06 bits per heavy atom. The maximum Gasteiger partial charge on any atom is 0.227 e. The summed E-state index contributed by atoms with van der Waals surface area (Å²) in [6.07, 6.45) is 3.80. The minimum atomic E-state index is -0.220. The summed E-state index contributed by atoms with van der Waals surface area (Å²) in [4.78, 5) is 16.4. The van der Waals surface area contributed by atoms with Gasteiger partial charge in [0.15, 0.2) is 0 Å². The van der Waals surface area contributed by atoms with Crippen LogP contribution >= 0.6 is 0 Å². The summed E-state index contributed by atoms with van der Waals surface area (Å²) in [6, 6.07) is 0. The van der Waals surface area contributed by atoms with Crippen molar-refractivity contribution >= 4 is 23.1 Å². The van der Waals surface area contributed by atoms with Gasteiger partial charge in [-0.25, -0.2) is 4.98 Å². The van der Waals surface area contributed by atoms with Gasteiger partial charge in [0.2, 0.25) is 11.6 Å². The third-order valence-corrected chi connectivity index (χ3v) is 6.40. The first-order valence-electron chi connectivity index (χ1n) is 10.8. The number of fused-ring (bicyclic) bond motifs is 2. The van der Waals surface area contributed by atoms with Crippen molar-refractivity contribution in [2.24, 2.45) is 0 Å². The van der Waals surface area contributed by atoms with Gasteiger partial charge in [0, 0.05) is 52.3 Å². The van der Waals surface area contributed by atoms with E-state index in [0.29, 0.717) is 6.54 Å². The molecule has 31 heavy (non-hydrogen) atoms. The molecule has 0 spiro atoms. The quantitative estimate of drug-likeness (QED) is 0.664. The van der Waals surface area contributed by atoms with Gasteiger partial charge in [-0.1, -0.05) is 0 Å². The summed E-state index contributed by atoms with van der Waals surface area (Å²) < 4.78 is 1.76. The molecular weight excluding hydrogens is 394 g/mol. The number of aliphatic hydroxyl groups excluding tert-OH is 1. The lowest BCUT2D eigenvalue weighted by molar-refractivity contribution is 0.145. The van der Waals surface area contributed by atoms with Crippen molar-refractivity contribution in [3.05, 3.63) is 28.8 Å². The predicted molar refractivity (Wildman–Crippen MR) is 119 cm³/mol. The van der Waals surface area contributed by atoms with E-state index < -0.39 is 0 Å². The third kappa shape index (κ3) is 3.44. The molecule has 0 amide bonds. The van der Waals surface area contributed by atoms with Crippen LogP contribution in [0.2, 0.25) is 0 Å². The van der Waals surface area contributed by atoms with Crippen LogP contribution in [0.15, 0.2) is 6.33 Å². The molecule has 5 heterocycles. The number of aromatic nitrogens is 6. The Morgan fingerprint density at radius 3 is 2.58 bits per heavy atom. The minimum Gasteiger partial charge on any atom is -0.393 e. The molecular formula is C21H29N9O. The molecule has 1 saturated heterocycles. The smallest absolute Gasteiger partial charge is 0.227 e. The van der Waals surface area contributed by atoms with Gasteiger partial charge in [0.05, 0.1) is 23.2 Å². The topological polar surface area (TPSA) is 98.8 Å². The molecule has 3 aromatic heterocycles. The second kappa shape index (κ2) is 7.60. The lowest BCUT2D eigenvalue weighted by Crippen LogP contribution is -2.40. The van der Waals surface area contributed by atoms with Gasteiger partial charge < -0.3 is 19.8 Å². The maximum atomic E-state index is 9.99. The van der Waals surface area contributed by atoms with Crippen LogP contribution in [-0.2, 0) is 13.0 Å². The van der Waals surface area contributed by atoms with Crippen molar-refractivity contribution in [2.75, 3.05) is 48.4 Å². The molecule has 0 unspecified atom stereocenters. The Balaban J connectivity index is 1.58. The zero-order valence-electron chi connectivity index (χ0n) is 18.6. The SMILES string of the molecule is Cc1nn2cnnc2c(N2CCc3nc(N(C)C)nc(N4CCC(O)CC4)c3C2)c1C. The summed E-state index contributed by atoms with van der Waals surface area (Å²) in [7, 11) is 3.96. The first-order chi connectivity index (χ1) is 14.9. The van der Waals surface area contributed by atoms with E-state index in [1.165, 1.54) is 5.56 Å². The zero-order chi connectivity index (χ0) is 21.7. The number of piperidine rings is 1. The van der Waals surface area contributed by atoms with E-state index in [1.54, 1.807) is 10.8 Å². The molecule has 0 aliphatic carbocycles. The molecule has 3 aromatic rings. The number of aryl methyl sites for hydroxylation is 1. The highest BCUT2D eigenvalue weighted by molar-refractivity contribution is 5.73. The number of rotatable bonds is 3. The van der Waals surface area contributed by atoms with E-state index in [9.17, 15) is 5.11 Å². The molecule has 2 aliphatic heterocycles. The average molecular weight is 424 g/mol. The number of nitrogens with zero attached hydrogens (tertiary/aromatic N) is 9. The first-order valence-corrected chi connectivity index (χ1v) is 10.8. The van der Waals surface area contributed by atoms with Crippen LogP contribution in [0.5, 0.6) is 0 Å². The fourth-order valence-electron chi connectivity index (χ4n) is 4.53. The van der Waals surface area contributed by atoms with E-state index in [1.807, 2.05) is 25.9 Å². The van der Waals surface area contributed by atoms with E-state index in [0.717, 1.165) is 78.9 Å². The molecule has 10 heteroatoms. The van der Waals surface area contributed by atoms with Crippen LogP contribution < -0.4 is 14.7 Å². The molecule has 2 aliphatic rings. The molecule has 5 rings (SSSR count). The maximum absolute atomic E-state index is 9.99. The Labute approximate surface area is 181 Å².